The van der Waals surface area contributed by atoms with Crippen LogP contribution in [0.1, 0.15) is 0 Å². The molecule has 0 saturated carbocycles. The van der Waals surface area contributed by atoms with Crippen molar-refractivity contribution in [3.63, 3.8) is 0 Å². The predicted octanol–water partition coefficient (Wildman–Crippen LogP) is 2.94. The Hall–Kier alpha value is -0.100. The van der Waals surface area contributed by atoms with Gasteiger partial charge in [-0.3, -0.25) is 0 Å². The van der Waals surface area contributed by atoms with E-state index in [2.05, 4.69) is 55.8 Å². The fraction of sp³-hybridized carbons (Fsp3) is 0.125. The van der Waals surface area contributed by atoms with Gasteiger partial charge in [0.2, 0.25) is 0 Å². The number of hydrogen-bond donors (Lipinski definition) is 0. The number of fused-ring (bicyclic) bond motifs is 1. The van der Waals surface area contributed by atoms with Crippen molar-refractivity contribution >= 4 is 49.6 Å². The van der Waals surface area contributed by atoms with E-state index in [-0.39, 0.29) is 0 Å². The molecule has 0 spiro atoms. The maximum absolute atomic E-state index is 4.31. The van der Waals surface area contributed by atoms with Gasteiger partial charge in [0.15, 0.2) is 0 Å². The van der Waals surface area contributed by atoms with E-state index in [9.17, 15) is 0 Å². The van der Waals surface area contributed by atoms with Crippen LogP contribution in [0, 0.1) is 3.57 Å². The zero-order valence-electron chi connectivity index (χ0n) is 6.38. The lowest BCUT2D eigenvalue weighted by atomic mass is 10.3. The fourth-order valence-corrected chi connectivity index (χ4v) is 2.34. The van der Waals surface area contributed by atoms with Crippen LogP contribution in [0.15, 0.2) is 22.9 Å². The van der Waals surface area contributed by atoms with Crippen LogP contribution in [0.3, 0.4) is 0 Å². The van der Waals surface area contributed by atoms with Crippen molar-refractivity contribution in [2.75, 3.05) is 0 Å². The van der Waals surface area contributed by atoms with E-state index < -0.39 is 0 Å². The molecule has 0 saturated heterocycles. The van der Waals surface area contributed by atoms with E-state index >= 15 is 0 Å². The molecule has 0 aliphatic rings. The van der Waals surface area contributed by atoms with Crippen LogP contribution in [0.2, 0.25) is 0 Å². The Morgan fingerprint density at radius 2 is 2.33 bits per heavy atom. The summed E-state index contributed by atoms with van der Waals surface area (Å²) in [6.07, 6.45) is 3.89. The summed E-state index contributed by atoms with van der Waals surface area (Å²) in [5.41, 5.74) is 1.03. The van der Waals surface area contributed by atoms with Gasteiger partial charge in [0.05, 0.1) is 0 Å². The topological polar surface area (TPSA) is 17.8 Å². The zero-order valence-corrected chi connectivity index (χ0v) is 10.1. The molecule has 4 heteroatoms. The Balaban J connectivity index is 2.90. The van der Waals surface area contributed by atoms with E-state index in [4.69, 9.17) is 0 Å². The van der Waals surface area contributed by atoms with Crippen molar-refractivity contribution in [2.24, 2.45) is 7.05 Å². The van der Waals surface area contributed by atoms with Gasteiger partial charge in [0, 0.05) is 32.9 Å². The second-order valence-electron chi connectivity index (χ2n) is 2.61. The summed E-state index contributed by atoms with van der Waals surface area (Å²) in [7, 11) is 2.01. The van der Waals surface area contributed by atoms with Gasteiger partial charge in [-0.15, -0.1) is 0 Å². The molecule has 62 valence electrons. The molecule has 0 aliphatic carbocycles. The summed E-state index contributed by atoms with van der Waals surface area (Å²) >= 11 is 5.71. The van der Waals surface area contributed by atoms with Gasteiger partial charge < -0.3 is 4.57 Å². The summed E-state index contributed by atoms with van der Waals surface area (Å²) in [5, 5.41) is 1.20. The van der Waals surface area contributed by atoms with Gasteiger partial charge in [0.1, 0.15) is 5.65 Å². The van der Waals surface area contributed by atoms with Crippen molar-refractivity contribution in [1.82, 2.24) is 9.55 Å². The van der Waals surface area contributed by atoms with E-state index in [1.165, 1.54) is 8.96 Å². The molecule has 2 aromatic heterocycles. The largest absolute Gasteiger partial charge is 0.334 e. The Labute approximate surface area is 92.2 Å². The van der Waals surface area contributed by atoms with E-state index in [1.54, 1.807) is 0 Å². The molecule has 0 N–H and O–H groups in total. The lowest BCUT2D eigenvalue weighted by Gasteiger charge is -1.94. The predicted molar refractivity (Wildman–Crippen MR) is 61.1 cm³/mol. The van der Waals surface area contributed by atoms with Gasteiger partial charge in [-0.25, -0.2) is 4.98 Å². The number of pyridine rings is 1. The number of halogens is 2. The first kappa shape index (κ1) is 8.50. The first-order chi connectivity index (χ1) is 5.68. The Morgan fingerprint density at radius 1 is 1.58 bits per heavy atom. The summed E-state index contributed by atoms with van der Waals surface area (Å²) in [5.74, 6) is 0. The first-order valence-electron chi connectivity index (χ1n) is 3.44. The highest BCUT2D eigenvalue weighted by atomic mass is 127. The summed E-state index contributed by atoms with van der Waals surface area (Å²) in [4.78, 5) is 4.31. The Bertz CT molecular complexity index is 436. The number of rotatable bonds is 0. The maximum atomic E-state index is 4.31. The first-order valence-corrected chi connectivity index (χ1v) is 5.32. The molecule has 12 heavy (non-hydrogen) atoms. The summed E-state index contributed by atoms with van der Waals surface area (Å²) in [6.45, 7) is 0. The SMILES string of the molecule is Cn1cc(I)c2cc(Br)cnc21. The third kappa shape index (κ3) is 1.26. The normalized spacial score (nSPS) is 10.9. The van der Waals surface area contributed by atoms with Gasteiger partial charge >= 0.3 is 0 Å². The van der Waals surface area contributed by atoms with Crippen LogP contribution < -0.4 is 0 Å². The van der Waals surface area contributed by atoms with Crippen molar-refractivity contribution in [3.8, 4) is 0 Å². The van der Waals surface area contributed by atoms with Crippen molar-refractivity contribution < 1.29 is 0 Å². The highest BCUT2D eigenvalue weighted by molar-refractivity contribution is 14.1. The molecule has 2 nitrogen and oxygen atoms in total. The minimum absolute atomic E-state index is 1.03. The molecule has 0 atom stereocenters. The van der Waals surface area contributed by atoms with Crippen LogP contribution >= 0.6 is 38.5 Å². The number of aryl methyl sites for hydroxylation is 1. The lowest BCUT2D eigenvalue weighted by Crippen LogP contribution is -1.86. The molecule has 0 aromatic carbocycles. The smallest absolute Gasteiger partial charge is 0.140 e. The van der Waals surface area contributed by atoms with E-state index in [0.717, 1.165) is 10.1 Å². The van der Waals surface area contributed by atoms with Crippen molar-refractivity contribution in [2.45, 2.75) is 0 Å². The lowest BCUT2D eigenvalue weighted by molar-refractivity contribution is 0.946. The van der Waals surface area contributed by atoms with E-state index in [1.807, 2.05) is 17.8 Å². The molecule has 0 unspecified atom stereocenters. The number of aromatic nitrogens is 2. The molecular weight excluding hydrogens is 331 g/mol. The average molecular weight is 337 g/mol. The molecule has 2 heterocycles. The highest BCUT2D eigenvalue weighted by Gasteiger charge is 2.04. The average Bonchev–Trinajstić information content (AvgIpc) is 2.28. The van der Waals surface area contributed by atoms with Crippen molar-refractivity contribution in [3.05, 3.63) is 26.5 Å². The number of hydrogen-bond acceptors (Lipinski definition) is 1. The standard InChI is InChI=1S/C8H6BrIN2/c1-12-4-7(10)6-2-5(9)3-11-8(6)12/h2-4H,1H3. The molecule has 0 amide bonds. The van der Waals surface area contributed by atoms with Gasteiger partial charge in [-0.2, -0.15) is 0 Å². The Kier molecular flexibility index (Phi) is 2.12. The Morgan fingerprint density at radius 3 is 3.08 bits per heavy atom. The van der Waals surface area contributed by atoms with Crippen molar-refractivity contribution in [1.29, 1.82) is 0 Å². The second-order valence-corrected chi connectivity index (χ2v) is 4.69. The summed E-state index contributed by atoms with van der Waals surface area (Å²) < 4.78 is 4.29. The highest BCUT2D eigenvalue weighted by Crippen LogP contribution is 2.23. The van der Waals surface area contributed by atoms with Crippen LogP contribution in [0.25, 0.3) is 11.0 Å². The monoisotopic (exact) mass is 336 g/mol. The van der Waals surface area contributed by atoms with Crippen LogP contribution in [0.4, 0.5) is 0 Å². The molecule has 2 aromatic rings. The maximum Gasteiger partial charge on any atom is 0.140 e. The molecule has 0 fully saturated rings. The molecule has 0 aliphatic heterocycles. The van der Waals surface area contributed by atoms with Gasteiger partial charge in [-0.05, 0) is 44.6 Å². The third-order valence-corrected chi connectivity index (χ3v) is 3.02. The van der Waals surface area contributed by atoms with Crippen LogP contribution in [0.5, 0.6) is 0 Å². The van der Waals surface area contributed by atoms with Gasteiger partial charge in [-0.1, -0.05) is 0 Å². The minimum Gasteiger partial charge on any atom is -0.334 e. The fourth-order valence-electron chi connectivity index (χ4n) is 1.19. The minimum atomic E-state index is 1.03. The summed E-state index contributed by atoms with van der Waals surface area (Å²) in [6, 6.07) is 2.09. The van der Waals surface area contributed by atoms with E-state index in [0.29, 0.717) is 0 Å². The molecular formula is C8H6BrIN2. The van der Waals surface area contributed by atoms with Crippen LogP contribution in [-0.2, 0) is 7.05 Å². The quantitative estimate of drug-likeness (QED) is 0.676. The molecule has 2 rings (SSSR count). The zero-order chi connectivity index (χ0) is 8.72. The molecule has 0 bridgehead atoms. The molecule has 0 radical (unpaired) electrons. The van der Waals surface area contributed by atoms with Crippen LogP contribution in [-0.4, -0.2) is 9.55 Å². The number of nitrogens with zero attached hydrogens (tertiary/aromatic N) is 2. The second kappa shape index (κ2) is 2.99. The van der Waals surface area contributed by atoms with Gasteiger partial charge in [0.25, 0.3) is 0 Å². The third-order valence-electron chi connectivity index (χ3n) is 1.73.